The Morgan fingerprint density at radius 1 is 1.47 bits per heavy atom. The Balaban J connectivity index is 3.05. The summed E-state index contributed by atoms with van der Waals surface area (Å²) in [4.78, 5) is 22.3. The van der Waals surface area contributed by atoms with Gasteiger partial charge in [0.05, 0.1) is 16.5 Å². The summed E-state index contributed by atoms with van der Waals surface area (Å²) in [6, 6.07) is 2.65. The Labute approximate surface area is 119 Å². The van der Waals surface area contributed by atoms with Crippen molar-refractivity contribution < 1.29 is 9.72 Å². The number of nitro groups is 1. The minimum absolute atomic E-state index is 0.0352. The maximum atomic E-state index is 11.9. The molecule has 0 aliphatic carbocycles. The summed E-state index contributed by atoms with van der Waals surface area (Å²) in [6.07, 6.45) is 0. The van der Waals surface area contributed by atoms with Gasteiger partial charge in [0.25, 0.3) is 5.69 Å². The molecule has 1 amide bonds. The number of rotatable bonds is 4. The van der Waals surface area contributed by atoms with Crippen LogP contribution < -0.4 is 11.1 Å². The van der Waals surface area contributed by atoms with E-state index in [1.165, 1.54) is 6.07 Å². The third-order valence-electron chi connectivity index (χ3n) is 2.94. The maximum absolute atomic E-state index is 11.9. The fourth-order valence-corrected chi connectivity index (χ4v) is 2.00. The van der Waals surface area contributed by atoms with Gasteiger partial charge in [-0.3, -0.25) is 14.9 Å². The van der Waals surface area contributed by atoms with Gasteiger partial charge < -0.3 is 11.1 Å². The zero-order chi connectivity index (χ0) is 14.7. The molecule has 19 heavy (non-hydrogen) atoms. The smallest absolute Gasteiger partial charge is 0.274 e. The van der Waals surface area contributed by atoms with E-state index in [4.69, 9.17) is 5.73 Å². The van der Waals surface area contributed by atoms with Crippen molar-refractivity contribution in [3.05, 3.63) is 32.3 Å². The zero-order valence-electron chi connectivity index (χ0n) is 10.9. The van der Waals surface area contributed by atoms with Crippen LogP contribution in [0.25, 0.3) is 0 Å². The first kappa shape index (κ1) is 15.6. The van der Waals surface area contributed by atoms with E-state index in [0.29, 0.717) is 15.7 Å². The third kappa shape index (κ3) is 3.74. The largest absolute Gasteiger partial charge is 0.327 e. The fraction of sp³-hybridized carbons (Fsp3) is 0.417. The second-order valence-electron chi connectivity index (χ2n) is 4.51. The van der Waals surface area contributed by atoms with Crippen molar-refractivity contribution in [2.75, 3.05) is 5.32 Å². The molecular weight excluding hydrogens is 314 g/mol. The average Bonchev–Trinajstić information content (AvgIpc) is 2.30. The SMILES string of the molecule is Cc1cc(Br)c(NC(=O)C(C)C(C)N)cc1[N+](=O)[O-]. The number of hydrogen-bond acceptors (Lipinski definition) is 4. The van der Waals surface area contributed by atoms with Gasteiger partial charge in [0.2, 0.25) is 5.91 Å². The van der Waals surface area contributed by atoms with Crippen molar-refractivity contribution in [2.24, 2.45) is 11.7 Å². The van der Waals surface area contributed by atoms with Gasteiger partial charge in [0.1, 0.15) is 0 Å². The molecule has 0 radical (unpaired) electrons. The van der Waals surface area contributed by atoms with E-state index in [9.17, 15) is 14.9 Å². The quantitative estimate of drug-likeness (QED) is 0.655. The monoisotopic (exact) mass is 329 g/mol. The highest BCUT2D eigenvalue weighted by atomic mass is 79.9. The van der Waals surface area contributed by atoms with E-state index in [1.807, 2.05) is 0 Å². The van der Waals surface area contributed by atoms with Gasteiger partial charge in [-0.15, -0.1) is 0 Å². The lowest BCUT2D eigenvalue weighted by Crippen LogP contribution is -2.34. The topological polar surface area (TPSA) is 98.3 Å². The van der Waals surface area contributed by atoms with Gasteiger partial charge in [-0.25, -0.2) is 0 Å². The normalized spacial score (nSPS) is 13.7. The average molecular weight is 330 g/mol. The van der Waals surface area contributed by atoms with Crippen LogP contribution in [0, 0.1) is 23.0 Å². The molecule has 0 saturated carbocycles. The molecule has 6 nitrogen and oxygen atoms in total. The number of halogens is 1. The zero-order valence-corrected chi connectivity index (χ0v) is 12.5. The van der Waals surface area contributed by atoms with Gasteiger partial charge in [-0.1, -0.05) is 6.92 Å². The van der Waals surface area contributed by atoms with Gasteiger partial charge in [-0.05, 0) is 35.8 Å². The molecule has 2 atom stereocenters. The van der Waals surface area contributed by atoms with Gasteiger partial charge in [-0.2, -0.15) is 0 Å². The van der Waals surface area contributed by atoms with Crippen molar-refractivity contribution in [3.63, 3.8) is 0 Å². The molecule has 0 aliphatic rings. The molecule has 3 N–H and O–H groups in total. The molecule has 1 rings (SSSR count). The number of nitrogens with two attached hydrogens (primary N) is 1. The summed E-state index contributed by atoms with van der Waals surface area (Å²) < 4.78 is 0.598. The second kappa shape index (κ2) is 6.12. The highest BCUT2D eigenvalue weighted by Crippen LogP contribution is 2.30. The van der Waals surface area contributed by atoms with Crippen LogP contribution >= 0.6 is 15.9 Å². The minimum atomic E-state index is -0.480. The van der Waals surface area contributed by atoms with Gasteiger partial charge >= 0.3 is 0 Å². The summed E-state index contributed by atoms with van der Waals surface area (Å²) in [7, 11) is 0. The molecule has 1 aromatic rings. The Morgan fingerprint density at radius 3 is 2.53 bits per heavy atom. The van der Waals surface area contributed by atoms with Crippen LogP contribution in [0.15, 0.2) is 16.6 Å². The number of carbonyl (C=O) groups excluding carboxylic acids is 1. The number of aryl methyl sites for hydroxylation is 1. The van der Waals surface area contributed by atoms with Crippen LogP contribution in [-0.2, 0) is 4.79 Å². The summed E-state index contributed by atoms with van der Waals surface area (Å²) in [5.41, 5.74) is 6.51. The number of amides is 1. The summed E-state index contributed by atoms with van der Waals surface area (Å²) in [6.45, 7) is 5.08. The number of nitrogens with one attached hydrogen (secondary N) is 1. The van der Waals surface area contributed by atoms with Crippen LogP contribution in [-0.4, -0.2) is 16.9 Å². The Kier molecular flexibility index (Phi) is 5.02. The van der Waals surface area contributed by atoms with Crippen molar-refractivity contribution in [2.45, 2.75) is 26.8 Å². The molecule has 104 valence electrons. The molecule has 0 fully saturated rings. The Morgan fingerprint density at radius 2 is 2.05 bits per heavy atom. The van der Waals surface area contributed by atoms with E-state index in [0.717, 1.165) is 0 Å². The highest BCUT2D eigenvalue weighted by molar-refractivity contribution is 9.10. The highest BCUT2D eigenvalue weighted by Gasteiger charge is 2.20. The van der Waals surface area contributed by atoms with Crippen LogP contribution in [0.3, 0.4) is 0 Å². The lowest BCUT2D eigenvalue weighted by Gasteiger charge is -2.16. The Bertz CT molecular complexity index is 517. The van der Waals surface area contributed by atoms with Gasteiger partial charge in [0, 0.05) is 22.1 Å². The molecule has 7 heteroatoms. The number of anilines is 1. The first-order valence-corrected chi connectivity index (χ1v) is 6.54. The molecule has 1 aromatic carbocycles. The first-order chi connectivity index (χ1) is 8.73. The third-order valence-corrected chi connectivity index (χ3v) is 3.60. The van der Waals surface area contributed by atoms with E-state index in [-0.39, 0.29) is 23.6 Å². The number of carbonyl (C=O) groups is 1. The van der Waals surface area contributed by atoms with E-state index >= 15 is 0 Å². The van der Waals surface area contributed by atoms with Crippen LogP contribution in [0.4, 0.5) is 11.4 Å². The predicted octanol–water partition coefficient (Wildman–Crippen LogP) is 2.59. The Hall–Kier alpha value is -1.47. The molecular formula is C12H16BrN3O3. The van der Waals surface area contributed by atoms with Crippen LogP contribution in [0.2, 0.25) is 0 Å². The second-order valence-corrected chi connectivity index (χ2v) is 5.37. The van der Waals surface area contributed by atoms with Crippen molar-refractivity contribution in [1.29, 1.82) is 0 Å². The molecule has 0 spiro atoms. The van der Waals surface area contributed by atoms with Crippen LogP contribution in [0.1, 0.15) is 19.4 Å². The predicted molar refractivity (Wildman–Crippen MR) is 77.0 cm³/mol. The summed E-state index contributed by atoms with van der Waals surface area (Å²) in [5.74, 6) is -0.652. The standard InChI is InChI=1S/C12H16BrN3O3/c1-6-4-9(13)10(5-11(6)16(18)19)15-12(17)7(2)8(3)14/h4-5,7-8H,14H2,1-3H3,(H,15,17). The fourth-order valence-electron chi connectivity index (χ4n) is 1.44. The van der Waals surface area contributed by atoms with E-state index in [2.05, 4.69) is 21.2 Å². The summed E-state index contributed by atoms with van der Waals surface area (Å²) in [5, 5.41) is 13.5. The van der Waals surface area contributed by atoms with Crippen molar-refractivity contribution in [1.82, 2.24) is 0 Å². The molecule has 0 saturated heterocycles. The van der Waals surface area contributed by atoms with Crippen molar-refractivity contribution in [3.8, 4) is 0 Å². The first-order valence-electron chi connectivity index (χ1n) is 5.75. The molecule has 0 heterocycles. The maximum Gasteiger partial charge on any atom is 0.274 e. The molecule has 2 unspecified atom stereocenters. The molecule has 0 aromatic heterocycles. The number of nitro benzene ring substituents is 1. The number of benzene rings is 1. The van der Waals surface area contributed by atoms with E-state index in [1.54, 1.807) is 26.8 Å². The lowest BCUT2D eigenvalue weighted by molar-refractivity contribution is -0.385. The van der Waals surface area contributed by atoms with Gasteiger partial charge in [0.15, 0.2) is 0 Å². The number of hydrogen-bond donors (Lipinski definition) is 2. The molecule has 0 aliphatic heterocycles. The van der Waals surface area contributed by atoms with Crippen molar-refractivity contribution >= 4 is 33.2 Å². The minimum Gasteiger partial charge on any atom is -0.327 e. The molecule has 0 bridgehead atoms. The van der Waals surface area contributed by atoms with Crippen LogP contribution in [0.5, 0.6) is 0 Å². The lowest BCUT2D eigenvalue weighted by atomic mass is 10.0. The van der Waals surface area contributed by atoms with E-state index < -0.39 is 4.92 Å². The number of nitrogens with zero attached hydrogens (tertiary/aromatic N) is 1. The summed E-state index contributed by atoms with van der Waals surface area (Å²) >= 11 is 3.28.